The zero-order chi connectivity index (χ0) is 21.2. The lowest BCUT2D eigenvalue weighted by Gasteiger charge is -2.37. The van der Waals surface area contributed by atoms with E-state index >= 15 is 0 Å². The zero-order valence-electron chi connectivity index (χ0n) is 14.0. The van der Waals surface area contributed by atoms with Crippen LogP contribution in [0.5, 0.6) is 0 Å². The van der Waals surface area contributed by atoms with Crippen LogP contribution in [-0.4, -0.2) is 53.8 Å². The fraction of sp³-hybridized carbons (Fsp3) is 0.800. The van der Waals surface area contributed by atoms with Crippen molar-refractivity contribution in [1.82, 2.24) is 0 Å². The maximum Gasteiger partial charge on any atom is 0.438 e. The van der Waals surface area contributed by atoms with E-state index in [2.05, 4.69) is 17.4 Å². The summed E-state index contributed by atoms with van der Waals surface area (Å²) in [6.07, 6.45) is -13.9. The van der Waals surface area contributed by atoms with E-state index in [0.29, 0.717) is 0 Å². The second-order valence-electron chi connectivity index (χ2n) is 6.99. The third kappa shape index (κ3) is 2.84. The number of rotatable bonds is 4. The number of esters is 3. The van der Waals surface area contributed by atoms with Gasteiger partial charge in [-0.2, -0.15) is 39.0 Å². The Balaban J connectivity index is 1.93. The van der Waals surface area contributed by atoms with Crippen molar-refractivity contribution in [3.63, 3.8) is 0 Å². The van der Waals surface area contributed by atoms with Crippen molar-refractivity contribution < 1.29 is 54.9 Å². The molecule has 0 radical (unpaired) electrons. The largest absolute Gasteiger partial charge is 0.458 e. The average Bonchev–Trinajstić information content (AvgIpc) is 3.12. The first-order valence-electron chi connectivity index (χ1n) is 8.10. The number of halogens is 6. The number of alkyl halides is 6. The van der Waals surface area contributed by atoms with Gasteiger partial charge in [0.25, 0.3) is 0 Å². The van der Waals surface area contributed by atoms with Crippen LogP contribution in [0.1, 0.15) is 13.3 Å². The predicted molar refractivity (Wildman–Crippen MR) is 78.8 cm³/mol. The van der Waals surface area contributed by atoms with Crippen LogP contribution in [0.4, 0.5) is 26.3 Å². The Bertz CT molecular complexity index is 692. The van der Waals surface area contributed by atoms with Crippen molar-refractivity contribution in [2.24, 2.45) is 23.7 Å². The maximum absolute atomic E-state index is 13.2. The molecule has 28 heavy (non-hydrogen) atoms. The third-order valence-electron chi connectivity index (χ3n) is 5.53. The van der Waals surface area contributed by atoms with Gasteiger partial charge in [-0.15, -0.1) is 0 Å². The van der Waals surface area contributed by atoms with Crippen LogP contribution < -0.4 is 0 Å². The van der Waals surface area contributed by atoms with Crippen molar-refractivity contribution in [2.45, 2.75) is 43.5 Å². The minimum Gasteiger partial charge on any atom is -0.458 e. The standard InChI is InChI=1S/C15H14F6O6S/c1-4(22)25-9-6-2-5-7(11(23)26-10(5)9)8(6)12(24)27-13(3-28,14(16,17)18)15(19,20)21/h5-10,28H,2-3H2,1H3. The highest BCUT2D eigenvalue weighted by molar-refractivity contribution is 7.80. The van der Waals surface area contributed by atoms with Crippen LogP contribution in [0.15, 0.2) is 0 Å². The topological polar surface area (TPSA) is 78.9 Å². The molecule has 0 N–H and O–H groups in total. The van der Waals surface area contributed by atoms with E-state index < -0.39 is 77.5 Å². The molecular formula is C15H14F6O6S. The van der Waals surface area contributed by atoms with Crippen molar-refractivity contribution in [3.05, 3.63) is 0 Å². The van der Waals surface area contributed by atoms with E-state index in [-0.39, 0.29) is 6.42 Å². The molecular weight excluding hydrogens is 422 g/mol. The first kappa shape index (κ1) is 21.1. The molecule has 13 heteroatoms. The highest BCUT2D eigenvalue weighted by Gasteiger charge is 2.76. The summed E-state index contributed by atoms with van der Waals surface area (Å²) < 4.78 is 93.3. The van der Waals surface area contributed by atoms with Crippen molar-refractivity contribution in [3.8, 4) is 0 Å². The molecule has 2 bridgehead atoms. The summed E-state index contributed by atoms with van der Waals surface area (Å²) in [5.41, 5.74) is -4.83. The molecule has 3 aliphatic rings. The highest BCUT2D eigenvalue weighted by atomic mass is 32.1. The summed E-state index contributed by atoms with van der Waals surface area (Å²) in [6.45, 7) is 1.03. The number of ether oxygens (including phenoxy) is 3. The molecule has 158 valence electrons. The lowest BCUT2D eigenvalue weighted by atomic mass is 9.78. The minimum atomic E-state index is -5.99. The fourth-order valence-corrected chi connectivity index (χ4v) is 4.81. The second-order valence-corrected chi connectivity index (χ2v) is 7.31. The molecule has 1 saturated heterocycles. The summed E-state index contributed by atoms with van der Waals surface area (Å²) in [7, 11) is 0. The Labute approximate surface area is 159 Å². The number of thiol groups is 1. The van der Waals surface area contributed by atoms with E-state index in [4.69, 9.17) is 9.47 Å². The van der Waals surface area contributed by atoms with Gasteiger partial charge in [0.05, 0.1) is 11.8 Å². The summed E-state index contributed by atoms with van der Waals surface area (Å²) in [5.74, 6) is -10.0. The Morgan fingerprint density at radius 3 is 2.18 bits per heavy atom. The molecule has 0 aromatic heterocycles. The average molecular weight is 436 g/mol. The lowest BCUT2D eigenvalue weighted by molar-refractivity contribution is -0.362. The zero-order valence-corrected chi connectivity index (χ0v) is 14.9. The van der Waals surface area contributed by atoms with E-state index in [9.17, 15) is 40.7 Å². The molecule has 1 heterocycles. The Kier molecular flexibility index (Phi) is 4.83. The molecule has 2 aliphatic carbocycles. The van der Waals surface area contributed by atoms with Gasteiger partial charge in [0.1, 0.15) is 12.2 Å². The number of carbonyl (C=O) groups excluding carboxylic acids is 3. The first-order valence-corrected chi connectivity index (χ1v) is 8.73. The minimum absolute atomic E-state index is 0.0741. The first-order chi connectivity index (χ1) is 12.7. The van der Waals surface area contributed by atoms with Gasteiger partial charge < -0.3 is 14.2 Å². The molecule has 6 nitrogen and oxygen atoms in total. The van der Waals surface area contributed by atoms with Gasteiger partial charge in [-0.05, 0) is 6.42 Å². The smallest absolute Gasteiger partial charge is 0.438 e. The molecule has 1 aliphatic heterocycles. The molecule has 0 amide bonds. The van der Waals surface area contributed by atoms with Crippen molar-refractivity contribution in [1.29, 1.82) is 0 Å². The van der Waals surface area contributed by atoms with E-state index in [1.165, 1.54) is 0 Å². The van der Waals surface area contributed by atoms with Crippen LogP contribution in [-0.2, 0) is 28.6 Å². The fourth-order valence-electron chi connectivity index (χ4n) is 4.39. The van der Waals surface area contributed by atoms with Gasteiger partial charge in [0.2, 0.25) is 0 Å². The molecule has 2 saturated carbocycles. The number of hydrogen-bond donors (Lipinski definition) is 1. The van der Waals surface area contributed by atoms with E-state index in [1.807, 2.05) is 0 Å². The van der Waals surface area contributed by atoms with Gasteiger partial charge >= 0.3 is 35.9 Å². The van der Waals surface area contributed by atoms with Gasteiger partial charge in [0.15, 0.2) is 0 Å². The molecule has 0 spiro atoms. The molecule has 0 aromatic rings. The van der Waals surface area contributed by atoms with E-state index in [1.54, 1.807) is 0 Å². The normalized spacial score (nSPS) is 34.4. The molecule has 3 rings (SSSR count). The van der Waals surface area contributed by atoms with Gasteiger partial charge in [-0.25, -0.2) is 0 Å². The lowest BCUT2D eigenvalue weighted by Crippen LogP contribution is -2.62. The summed E-state index contributed by atoms with van der Waals surface area (Å²) >= 11 is 3.12. The van der Waals surface area contributed by atoms with Crippen LogP contribution in [0.2, 0.25) is 0 Å². The number of hydrogen-bond acceptors (Lipinski definition) is 7. The van der Waals surface area contributed by atoms with Crippen molar-refractivity contribution >= 4 is 30.5 Å². The van der Waals surface area contributed by atoms with Crippen LogP contribution in [0, 0.1) is 23.7 Å². The highest BCUT2D eigenvalue weighted by Crippen LogP contribution is 2.59. The molecule has 0 aromatic carbocycles. The third-order valence-corrected chi connectivity index (χ3v) is 5.98. The summed E-state index contributed by atoms with van der Waals surface area (Å²) in [5, 5.41) is 0. The SMILES string of the molecule is CC(=O)OC1C2CC3C1OC(=O)C3C2C(=O)OC(CS)(C(F)(F)F)C(F)(F)F. The maximum atomic E-state index is 13.2. The quantitative estimate of drug-likeness (QED) is 0.315. The monoisotopic (exact) mass is 436 g/mol. The van der Waals surface area contributed by atoms with E-state index in [0.717, 1.165) is 6.92 Å². The van der Waals surface area contributed by atoms with Gasteiger partial charge in [-0.3, -0.25) is 14.4 Å². The van der Waals surface area contributed by atoms with Crippen LogP contribution >= 0.6 is 12.6 Å². The van der Waals surface area contributed by atoms with Gasteiger partial charge in [0, 0.05) is 24.5 Å². The number of fused-ring (bicyclic) bond motifs is 1. The Hall–Kier alpha value is -1.66. The van der Waals surface area contributed by atoms with Crippen molar-refractivity contribution in [2.75, 3.05) is 5.75 Å². The summed E-state index contributed by atoms with van der Waals surface area (Å²) in [4.78, 5) is 35.8. The Morgan fingerprint density at radius 2 is 1.71 bits per heavy atom. The molecule has 3 fully saturated rings. The second kappa shape index (κ2) is 6.42. The number of carbonyl (C=O) groups is 3. The predicted octanol–water partition coefficient (Wildman–Crippen LogP) is 2.06. The molecule has 6 unspecified atom stereocenters. The van der Waals surface area contributed by atoms with Crippen LogP contribution in [0.3, 0.4) is 0 Å². The molecule has 6 atom stereocenters. The summed E-state index contributed by atoms with van der Waals surface area (Å²) in [6, 6.07) is 0. The van der Waals surface area contributed by atoms with Crippen LogP contribution in [0.25, 0.3) is 0 Å². The van der Waals surface area contributed by atoms with Gasteiger partial charge in [-0.1, -0.05) is 0 Å². The Morgan fingerprint density at radius 1 is 1.14 bits per heavy atom.